The van der Waals surface area contributed by atoms with E-state index in [0.717, 1.165) is 11.3 Å². The van der Waals surface area contributed by atoms with Gasteiger partial charge in [0.2, 0.25) is 5.91 Å². The fourth-order valence-corrected chi connectivity index (χ4v) is 3.31. The Labute approximate surface area is 159 Å². The van der Waals surface area contributed by atoms with Gasteiger partial charge in [-0.2, -0.15) is 0 Å². The molecule has 1 amide bonds. The Kier molecular flexibility index (Phi) is 6.74. The molecule has 0 fully saturated rings. The van der Waals surface area contributed by atoms with E-state index in [9.17, 15) is 9.59 Å². The molecule has 0 aliphatic carbocycles. The molecule has 1 aromatic carbocycles. The summed E-state index contributed by atoms with van der Waals surface area (Å²) < 4.78 is 5.27. The summed E-state index contributed by atoms with van der Waals surface area (Å²) in [5, 5.41) is 6.64. The van der Waals surface area contributed by atoms with Crippen LogP contribution in [0, 0.1) is 0 Å². The molecule has 0 aromatic heterocycles. The molecule has 0 bridgehead atoms. The van der Waals surface area contributed by atoms with E-state index in [-0.39, 0.29) is 11.9 Å². The molecule has 2 rings (SSSR count). The van der Waals surface area contributed by atoms with E-state index in [1.807, 2.05) is 43.0 Å². The van der Waals surface area contributed by atoms with Crippen molar-refractivity contribution in [1.82, 2.24) is 10.2 Å². The second kappa shape index (κ2) is 8.80. The van der Waals surface area contributed by atoms with Crippen molar-refractivity contribution in [3.63, 3.8) is 0 Å². The molecular weight excluding hydrogens is 350 g/mol. The molecule has 1 atom stereocenters. The Morgan fingerprint density at radius 3 is 2.65 bits per heavy atom. The first-order valence-corrected chi connectivity index (χ1v) is 9.19. The largest absolute Gasteiger partial charge is 0.463 e. The maximum atomic E-state index is 12.6. The van der Waals surface area contributed by atoms with Gasteiger partial charge in [-0.15, -0.1) is 0 Å². The van der Waals surface area contributed by atoms with Crippen molar-refractivity contribution >= 4 is 34.9 Å². The molecule has 1 aliphatic rings. The van der Waals surface area contributed by atoms with E-state index in [4.69, 9.17) is 17.0 Å². The predicted octanol–water partition coefficient (Wildman–Crippen LogP) is 3.12. The summed E-state index contributed by atoms with van der Waals surface area (Å²) in [7, 11) is 0. The van der Waals surface area contributed by atoms with Gasteiger partial charge in [0, 0.05) is 24.4 Å². The number of carbonyl (C=O) groups is 2. The third kappa shape index (κ3) is 4.22. The molecule has 26 heavy (non-hydrogen) atoms. The minimum atomic E-state index is -0.428. The van der Waals surface area contributed by atoms with Crippen LogP contribution in [0.1, 0.15) is 45.7 Å². The van der Waals surface area contributed by atoms with Crippen molar-refractivity contribution in [2.24, 2.45) is 0 Å². The number of carbonyl (C=O) groups excluding carboxylic acids is 2. The molecule has 0 saturated carbocycles. The van der Waals surface area contributed by atoms with Crippen molar-refractivity contribution in [1.29, 1.82) is 0 Å². The van der Waals surface area contributed by atoms with Gasteiger partial charge in [0.1, 0.15) is 0 Å². The van der Waals surface area contributed by atoms with Crippen LogP contribution in [0.5, 0.6) is 0 Å². The van der Waals surface area contributed by atoms with Crippen LogP contribution in [-0.2, 0) is 14.3 Å². The summed E-state index contributed by atoms with van der Waals surface area (Å²) in [6.07, 6.45) is 0.397. The smallest absolute Gasteiger partial charge is 0.338 e. The SMILES string of the molecule is CCOC(=O)C1=C(C)N(CC)C(=S)N[C@H]1c1cccc(NC(=O)CC)c1. The number of hydrogen-bond acceptors (Lipinski definition) is 4. The van der Waals surface area contributed by atoms with Crippen LogP contribution >= 0.6 is 12.2 Å². The zero-order chi connectivity index (χ0) is 19.3. The first-order valence-electron chi connectivity index (χ1n) is 8.78. The third-order valence-corrected chi connectivity index (χ3v) is 4.57. The van der Waals surface area contributed by atoms with Crippen molar-refractivity contribution in [3.8, 4) is 0 Å². The molecule has 6 nitrogen and oxygen atoms in total. The maximum absolute atomic E-state index is 12.6. The van der Waals surface area contributed by atoms with E-state index >= 15 is 0 Å². The lowest BCUT2D eigenvalue weighted by atomic mass is 9.94. The summed E-state index contributed by atoms with van der Waals surface area (Å²) in [4.78, 5) is 26.2. The fourth-order valence-electron chi connectivity index (χ4n) is 2.93. The quantitative estimate of drug-likeness (QED) is 0.588. The molecule has 2 N–H and O–H groups in total. The van der Waals surface area contributed by atoms with E-state index < -0.39 is 6.04 Å². The van der Waals surface area contributed by atoms with Gasteiger partial charge < -0.3 is 20.3 Å². The van der Waals surface area contributed by atoms with Gasteiger partial charge in [0.25, 0.3) is 0 Å². The summed E-state index contributed by atoms with van der Waals surface area (Å²) in [6, 6.07) is 6.98. The first kappa shape index (κ1) is 19.9. The summed E-state index contributed by atoms with van der Waals surface area (Å²) in [5.41, 5.74) is 2.82. The van der Waals surface area contributed by atoms with Gasteiger partial charge in [-0.1, -0.05) is 19.1 Å². The lowest BCUT2D eigenvalue weighted by molar-refractivity contribution is -0.139. The van der Waals surface area contributed by atoms with Crippen molar-refractivity contribution in [3.05, 3.63) is 41.1 Å². The number of esters is 1. The topological polar surface area (TPSA) is 70.7 Å². The Balaban J connectivity index is 2.46. The molecule has 1 aromatic rings. The van der Waals surface area contributed by atoms with Gasteiger partial charge in [-0.05, 0) is 50.7 Å². The summed E-state index contributed by atoms with van der Waals surface area (Å²) in [6.45, 7) is 8.37. The number of nitrogens with zero attached hydrogens (tertiary/aromatic N) is 1. The van der Waals surface area contributed by atoms with Gasteiger partial charge in [-0.3, -0.25) is 4.79 Å². The highest BCUT2D eigenvalue weighted by Gasteiger charge is 2.34. The van der Waals surface area contributed by atoms with Crippen molar-refractivity contribution < 1.29 is 14.3 Å². The third-order valence-electron chi connectivity index (χ3n) is 4.23. The van der Waals surface area contributed by atoms with Crippen LogP contribution in [0.2, 0.25) is 0 Å². The average molecular weight is 375 g/mol. The lowest BCUT2D eigenvalue weighted by Crippen LogP contribution is -2.47. The molecule has 140 valence electrons. The number of benzene rings is 1. The molecule has 1 heterocycles. The fraction of sp³-hybridized carbons (Fsp3) is 0.421. The zero-order valence-corrected chi connectivity index (χ0v) is 16.4. The second-order valence-corrected chi connectivity index (χ2v) is 6.26. The number of anilines is 1. The van der Waals surface area contributed by atoms with E-state index in [1.165, 1.54) is 0 Å². The van der Waals surface area contributed by atoms with Crippen molar-refractivity contribution in [2.45, 2.75) is 40.2 Å². The number of amides is 1. The van der Waals surface area contributed by atoms with Crippen LogP contribution < -0.4 is 10.6 Å². The molecule has 0 radical (unpaired) electrons. The van der Waals surface area contributed by atoms with E-state index in [1.54, 1.807) is 13.8 Å². The predicted molar refractivity (Wildman–Crippen MR) is 106 cm³/mol. The Bertz CT molecular complexity index is 745. The molecular formula is C19H25N3O3S. The minimum Gasteiger partial charge on any atom is -0.463 e. The number of nitrogens with one attached hydrogen (secondary N) is 2. The minimum absolute atomic E-state index is 0.0660. The standard InChI is InChI=1S/C19H25N3O3S/c1-5-15(23)20-14-10-8-9-13(11-14)17-16(18(24)25-7-3)12(4)22(6-2)19(26)21-17/h8-11,17H,5-7H2,1-4H3,(H,20,23)(H,21,26)/t17-/m0/s1. The van der Waals surface area contributed by atoms with Gasteiger partial charge in [-0.25, -0.2) is 4.79 Å². The molecule has 0 unspecified atom stereocenters. The van der Waals surface area contributed by atoms with E-state index in [0.29, 0.717) is 35.9 Å². The normalized spacial score (nSPS) is 17.0. The Morgan fingerprint density at radius 1 is 1.31 bits per heavy atom. The van der Waals surface area contributed by atoms with Crippen LogP contribution in [-0.4, -0.2) is 35.0 Å². The Morgan fingerprint density at radius 2 is 2.04 bits per heavy atom. The van der Waals surface area contributed by atoms with Crippen LogP contribution in [0.4, 0.5) is 5.69 Å². The van der Waals surface area contributed by atoms with Gasteiger partial charge >= 0.3 is 5.97 Å². The maximum Gasteiger partial charge on any atom is 0.338 e. The molecule has 1 aliphatic heterocycles. The zero-order valence-electron chi connectivity index (χ0n) is 15.6. The van der Waals surface area contributed by atoms with Crippen molar-refractivity contribution in [2.75, 3.05) is 18.5 Å². The lowest BCUT2D eigenvalue weighted by Gasteiger charge is -2.37. The summed E-state index contributed by atoms with van der Waals surface area (Å²) >= 11 is 5.46. The van der Waals surface area contributed by atoms with Crippen LogP contribution in [0.15, 0.2) is 35.5 Å². The number of rotatable bonds is 6. The number of ether oxygens (including phenoxy) is 1. The summed E-state index contributed by atoms with van der Waals surface area (Å²) in [5.74, 6) is -0.435. The van der Waals surface area contributed by atoms with E-state index in [2.05, 4.69) is 10.6 Å². The highest BCUT2D eigenvalue weighted by atomic mass is 32.1. The van der Waals surface area contributed by atoms with Crippen LogP contribution in [0.25, 0.3) is 0 Å². The molecule has 0 spiro atoms. The Hall–Kier alpha value is -2.41. The monoisotopic (exact) mass is 375 g/mol. The highest BCUT2D eigenvalue weighted by molar-refractivity contribution is 7.80. The van der Waals surface area contributed by atoms with Crippen LogP contribution in [0.3, 0.4) is 0 Å². The highest BCUT2D eigenvalue weighted by Crippen LogP contribution is 2.32. The average Bonchev–Trinajstić information content (AvgIpc) is 2.61. The second-order valence-electron chi connectivity index (χ2n) is 5.87. The number of hydrogen-bond donors (Lipinski definition) is 2. The van der Waals surface area contributed by atoms with Gasteiger partial charge in [0.05, 0.1) is 18.2 Å². The first-order chi connectivity index (χ1) is 12.4. The van der Waals surface area contributed by atoms with Gasteiger partial charge in [0.15, 0.2) is 5.11 Å². The molecule has 0 saturated heterocycles. The number of allylic oxidation sites excluding steroid dienone is 1. The number of thiocarbonyl (C=S) groups is 1. The molecule has 7 heteroatoms.